The minimum absolute atomic E-state index is 0.0135. The summed E-state index contributed by atoms with van der Waals surface area (Å²) in [6.45, 7) is -0.0135. The zero-order valence-corrected chi connectivity index (χ0v) is 15.0. The number of hydrogen-bond donors (Lipinski definition) is 2. The lowest BCUT2D eigenvalue weighted by Gasteiger charge is -2.14. The molecule has 0 radical (unpaired) electrons. The highest BCUT2D eigenvalue weighted by atomic mass is 35.5. The molecule has 1 heterocycles. The molecule has 0 atom stereocenters. The number of aliphatic hydroxyl groups excluding tert-OH is 1. The predicted molar refractivity (Wildman–Crippen MR) is 102 cm³/mol. The summed E-state index contributed by atoms with van der Waals surface area (Å²) in [5, 5.41) is 19.0. The third-order valence-electron chi connectivity index (χ3n) is 4.11. The van der Waals surface area contributed by atoms with Gasteiger partial charge in [-0.1, -0.05) is 35.9 Å². The quantitative estimate of drug-likeness (QED) is 0.388. The lowest BCUT2D eigenvalue weighted by Crippen LogP contribution is -2.17. The van der Waals surface area contributed by atoms with Gasteiger partial charge in [0.1, 0.15) is 11.6 Å². The molecule has 3 rings (SSSR count). The van der Waals surface area contributed by atoms with Crippen LogP contribution in [-0.4, -0.2) is 26.5 Å². The first kappa shape index (κ1) is 19.3. The Morgan fingerprint density at radius 1 is 1.11 bits per heavy atom. The Balaban J connectivity index is 2.21. The van der Waals surface area contributed by atoms with Crippen LogP contribution in [-0.2, 0) is 16.1 Å². The molecule has 1 aromatic heterocycles. The number of carboxylic acids is 1. The van der Waals surface area contributed by atoms with Gasteiger partial charge in [-0.3, -0.25) is 9.59 Å². The van der Waals surface area contributed by atoms with Crippen LogP contribution in [0.5, 0.6) is 0 Å². The highest BCUT2D eigenvalue weighted by molar-refractivity contribution is 6.38. The molecule has 2 N–H and O–H groups in total. The van der Waals surface area contributed by atoms with E-state index in [2.05, 4.69) is 0 Å². The van der Waals surface area contributed by atoms with Crippen LogP contribution in [0.15, 0.2) is 59.5 Å². The Morgan fingerprint density at radius 2 is 1.82 bits per heavy atom. The Morgan fingerprint density at radius 3 is 2.54 bits per heavy atom. The van der Waals surface area contributed by atoms with Crippen molar-refractivity contribution < 1.29 is 24.2 Å². The monoisotopic (exact) mass is 401 g/mol. The van der Waals surface area contributed by atoms with Gasteiger partial charge < -0.3 is 14.8 Å². The molecule has 0 fully saturated rings. The first-order valence-corrected chi connectivity index (χ1v) is 8.40. The van der Waals surface area contributed by atoms with Gasteiger partial charge in [-0.05, 0) is 18.2 Å². The van der Waals surface area contributed by atoms with Gasteiger partial charge in [0.15, 0.2) is 5.43 Å². The SMILES string of the molecule is O=C(O)C(=O)/C=C(\O)c1cn(Cc2cccc(Cl)c2F)c2ccccc2c1=O. The van der Waals surface area contributed by atoms with E-state index in [1.165, 1.54) is 29.0 Å². The van der Waals surface area contributed by atoms with Crippen LogP contribution in [0.2, 0.25) is 5.02 Å². The van der Waals surface area contributed by atoms with Crippen molar-refractivity contribution in [1.82, 2.24) is 4.57 Å². The van der Waals surface area contributed by atoms with Crippen LogP contribution < -0.4 is 5.43 Å². The Bertz CT molecular complexity index is 1200. The number of hydrogen-bond acceptors (Lipinski definition) is 4. The number of aromatic nitrogens is 1. The van der Waals surface area contributed by atoms with Gasteiger partial charge in [-0.2, -0.15) is 0 Å². The van der Waals surface area contributed by atoms with Crippen LogP contribution in [0.3, 0.4) is 0 Å². The number of halogens is 2. The van der Waals surface area contributed by atoms with E-state index in [0.717, 1.165) is 0 Å². The number of carboxylic acid groups (broad SMARTS) is 1. The molecule has 0 amide bonds. The highest BCUT2D eigenvalue weighted by Crippen LogP contribution is 2.21. The largest absolute Gasteiger partial charge is 0.507 e. The number of benzene rings is 2. The topological polar surface area (TPSA) is 96.6 Å². The first-order chi connectivity index (χ1) is 13.3. The van der Waals surface area contributed by atoms with E-state index in [0.29, 0.717) is 11.6 Å². The van der Waals surface area contributed by atoms with Crippen LogP contribution in [0.4, 0.5) is 4.39 Å². The lowest BCUT2D eigenvalue weighted by molar-refractivity contribution is -0.146. The van der Waals surface area contributed by atoms with Crippen LogP contribution in [0.1, 0.15) is 11.1 Å². The standard InChI is InChI=1S/C20H13ClFNO5/c21-14-6-3-4-11(18(14)22)9-23-10-13(16(24)8-17(25)20(27)28)19(26)12-5-1-2-7-15(12)23/h1-8,10,24H,9H2,(H,27,28)/b16-8-. The number of nitrogens with zero attached hydrogens (tertiary/aromatic N) is 1. The summed E-state index contributed by atoms with van der Waals surface area (Å²) in [5.41, 5.74) is -0.161. The van der Waals surface area contributed by atoms with Crippen LogP contribution in [0, 0.1) is 5.82 Å². The van der Waals surface area contributed by atoms with Crippen molar-refractivity contribution in [3.05, 3.63) is 86.9 Å². The molecule has 6 nitrogen and oxygen atoms in total. The van der Waals surface area contributed by atoms with Gasteiger partial charge >= 0.3 is 5.97 Å². The summed E-state index contributed by atoms with van der Waals surface area (Å²) in [7, 11) is 0. The van der Waals surface area contributed by atoms with Gasteiger partial charge in [0.05, 0.1) is 22.6 Å². The van der Waals surface area contributed by atoms with E-state index in [1.807, 2.05) is 0 Å². The normalized spacial score (nSPS) is 11.6. The third kappa shape index (κ3) is 3.65. The maximum atomic E-state index is 14.3. The van der Waals surface area contributed by atoms with E-state index < -0.39 is 28.8 Å². The number of ketones is 1. The minimum Gasteiger partial charge on any atom is -0.507 e. The number of aliphatic hydroxyl groups is 1. The second-order valence-electron chi connectivity index (χ2n) is 5.93. The van der Waals surface area contributed by atoms with Gasteiger partial charge in [-0.25, -0.2) is 9.18 Å². The maximum Gasteiger partial charge on any atom is 0.376 e. The van der Waals surface area contributed by atoms with Crippen LogP contribution >= 0.6 is 11.6 Å². The lowest BCUT2D eigenvalue weighted by atomic mass is 10.1. The zero-order valence-electron chi connectivity index (χ0n) is 14.2. The molecule has 28 heavy (non-hydrogen) atoms. The van der Waals surface area contributed by atoms with E-state index in [1.54, 1.807) is 24.3 Å². The number of rotatable bonds is 5. The van der Waals surface area contributed by atoms with Crippen molar-refractivity contribution in [2.24, 2.45) is 0 Å². The Labute approximate surface area is 162 Å². The molecule has 142 valence electrons. The van der Waals surface area contributed by atoms with E-state index in [9.17, 15) is 23.9 Å². The van der Waals surface area contributed by atoms with Crippen LogP contribution in [0.25, 0.3) is 16.7 Å². The summed E-state index contributed by atoms with van der Waals surface area (Å²) in [5.74, 6) is -4.55. The Kier molecular flexibility index (Phi) is 5.28. The van der Waals surface area contributed by atoms with Crippen molar-refractivity contribution in [2.45, 2.75) is 6.54 Å². The average Bonchev–Trinajstić information content (AvgIpc) is 2.67. The van der Waals surface area contributed by atoms with Gasteiger partial charge in [0.2, 0.25) is 0 Å². The third-order valence-corrected chi connectivity index (χ3v) is 4.41. The molecule has 8 heteroatoms. The molecule has 0 bridgehead atoms. The fraction of sp³-hybridized carbons (Fsp3) is 0.0500. The highest BCUT2D eigenvalue weighted by Gasteiger charge is 2.16. The van der Waals surface area contributed by atoms with Crippen molar-refractivity contribution in [3.63, 3.8) is 0 Å². The van der Waals surface area contributed by atoms with Gasteiger partial charge in [0, 0.05) is 23.2 Å². The minimum atomic E-state index is -1.77. The molecular formula is C20H13ClFNO5. The predicted octanol–water partition coefficient (Wildman–Crippen LogP) is 3.39. The van der Waals surface area contributed by atoms with Crippen molar-refractivity contribution in [2.75, 3.05) is 0 Å². The number of carbonyl (C=O) groups excluding carboxylic acids is 1. The summed E-state index contributed by atoms with van der Waals surface area (Å²) in [6, 6.07) is 11.0. The molecular weight excluding hydrogens is 389 g/mol. The molecule has 0 aliphatic carbocycles. The molecule has 0 aliphatic heterocycles. The molecule has 2 aromatic carbocycles. The summed E-state index contributed by atoms with van der Waals surface area (Å²) < 4.78 is 15.8. The summed E-state index contributed by atoms with van der Waals surface area (Å²) in [4.78, 5) is 34.7. The summed E-state index contributed by atoms with van der Waals surface area (Å²) in [6.07, 6.45) is 1.70. The molecule has 0 unspecified atom stereocenters. The van der Waals surface area contributed by atoms with Gasteiger partial charge in [0.25, 0.3) is 5.78 Å². The van der Waals surface area contributed by atoms with Crippen molar-refractivity contribution >= 4 is 40.0 Å². The number of para-hydroxylation sites is 1. The first-order valence-electron chi connectivity index (χ1n) is 8.03. The fourth-order valence-corrected chi connectivity index (χ4v) is 2.97. The summed E-state index contributed by atoms with van der Waals surface area (Å²) >= 11 is 5.82. The smallest absolute Gasteiger partial charge is 0.376 e. The zero-order chi connectivity index (χ0) is 20.4. The molecule has 0 saturated carbocycles. The molecule has 3 aromatic rings. The molecule has 0 aliphatic rings. The molecule has 0 spiro atoms. The van der Waals surface area contributed by atoms with E-state index in [-0.39, 0.29) is 28.1 Å². The number of pyridine rings is 1. The second-order valence-corrected chi connectivity index (χ2v) is 6.34. The fourth-order valence-electron chi connectivity index (χ4n) is 2.78. The van der Waals surface area contributed by atoms with Crippen molar-refractivity contribution in [1.29, 1.82) is 0 Å². The number of carbonyl (C=O) groups is 2. The maximum absolute atomic E-state index is 14.3. The number of aliphatic carboxylic acids is 1. The second kappa shape index (κ2) is 7.66. The Hall–Kier alpha value is -3.45. The average molecular weight is 402 g/mol. The number of fused-ring (bicyclic) bond motifs is 1. The van der Waals surface area contributed by atoms with E-state index >= 15 is 0 Å². The van der Waals surface area contributed by atoms with Crippen molar-refractivity contribution in [3.8, 4) is 0 Å². The van der Waals surface area contributed by atoms with E-state index in [4.69, 9.17) is 16.7 Å². The van der Waals surface area contributed by atoms with Gasteiger partial charge in [-0.15, -0.1) is 0 Å². The molecule has 0 saturated heterocycles.